The van der Waals surface area contributed by atoms with Crippen molar-refractivity contribution in [3.63, 3.8) is 0 Å². The normalized spacial score (nSPS) is 20.1. The van der Waals surface area contributed by atoms with Gasteiger partial charge in [-0.15, -0.1) is 0 Å². The van der Waals surface area contributed by atoms with Crippen molar-refractivity contribution in [1.82, 2.24) is 10.2 Å². The number of nitrogens with one attached hydrogen (secondary N) is 1. The summed E-state index contributed by atoms with van der Waals surface area (Å²) < 4.78 is 13.3. The number of likely N-dealkylation sites (tertiary alicyclic amines) is 1. The predicted octanol–water partition coefficient (Wildman–Crippen LogP) is 0.673. The van der Waals surface area contributed by atoms with Crippen molar-refractivity contribution in [2.24, 2.45) is 0 Å². The molecule has 1 N–H and O–H groups in total. The Morgan fingerprint density at radius 2 is 2.12 bits per heavy atom. The molecule has 1 saturated heterocycles. The molecule has 1 atom stereocenters. The number of rotatable bonds is 3. The van der Waals surface area contributed by atoms with E-state index in [1.165, 1.54) is 13.1 Å². The molecule has 2 amide bonds. The van der Waals surface area contributed by atoms with Crippen molar-refractivity contribution >= 4 is 11.8 Å². The second kappa shape index (κ2) is 4.63. The SMILES string of the molecule is CN1C(=O)CC(NCc2ccccc2F)C1=O. The van der Waals surface area contributed by atoms with Crippen LogP contribution in [0, 0.1) is 5.82 Å². The van der Waals surface area contributed by atoms with Gasteiger partial charge in [0.05, 0.1) is 12.5 Å². The lowest BCUT2D eigenvalue weighted by Crippen LogP contribution is -2.36. The molecule has 1 aliphatic heterocycles. The molecule has 0 radical (unpaired) electrons. The lowest BCUT2D eigenvalue weighted by atomic mass is 10.2. The largest absolute Gasteiger partial charge is 0.301 e. The van der Waals surface area contributed by atoms with Crippen LogP contribution in [0.15, 0.2) is 24.3 Å². The molecule has 1 heterocycles. The fourth-order valence-electron chi connectivity index (χ4n) is 1.79. The first-order chi connectivity index (χ1) is 8.09. The summed E-state index contributed by atoms with van der Waals surface area (Å²) in [5.41, 5.74) is 0.488. The van der Waals surface area contributed by atoms with Gasteiger partial charge in [0.15, 0.2) is 0 Å². The fraction of sp³-hybridized carbons (Fsp3) is 0.333. The van der Waals surface area contributed by atoms with E-state index in [4.69, 9.17) is 0 Å². The number of hydrogen-bond acceptors (Lipinski definition) is 3. The van der Waals surface area contributed by atoms with Crippen LogP contribution in [0.25, 0.3) is 0 Å². The molecule has 5 heteroatoms. The van der Waals surface area contributed by atoms with E-state index in [1.807, 2.05) is 0 Å². The average Bonchev–Trinajstić information content (AvgIpc) is 2.56. The van der Waals surface area contributed by atoms with Crippen LogP contribution in [-0.4, -0.2) is 29.8 Å². The zero-order chi connectivity index (χ0) is 12.4. The Morgan fingerprint density at radius 1 is 1.41 bits per heavy atom. The molecule has 2 rings (SSSR count). The minimum Gasteiger partial charge on any atom is -0.301 e. The molecule has 1 aromatic rings. The fourth-order valence-corrected chi connectivity index (χ4v) is 1.79. The molecule has 1 fully saturated rings. The Labute approximate surface area is 98.4 Å². The maximum Gasteiger partial charge on any atom is 0.246 e. The number of likely N-dealkylation sites (N-methyl/N-ethyl adjacent to an activating group) is 1. The highest BCUT2D eigenvalue weighted by Gasteiger charge is 2.35. The molecule has 1 aromatic carbocycles. The molecular weight excluding hydrogens is 223 g/mol. The van der Waals surface area contributed by atoms with Gasteiger partial charge in [-0.05, 0) is 6.07 Å². The zero-order valence-electron chi connectivity index (χ0n) is 9.44. The number of benzene rings is 1. The number of carbonyl (C=O) groups excluding carboxylic acids is 2. The molecular formula is C12H13FN2O2. The molecule has 0 aliphatic carbocycles. The van der Waals surface area contributed by atoms with Crippen LogP contribution in [0.3, 0.4) is 0 Å². The van der Waals surface area contributed by atoms with Gasteiger partial charge in [-0.3, -0.25) is 14.5 Å². The predicted molar refractivity (Wildman–Crippen MR) is 59.4 cm³/mol. The highest BCUT2D eigenvalue weighted by atomic mass is 19.1. The van der Waals surface area contributed by atoms with E-state index in [2.05, 4.69) is 5.32 Å². The van der Waals surface area contributed by atoms with Gasteiger partial charge < -0.3 is 5.32 Å². The number of imide groups is 1. The number of hydrogen-bond donors (Lipinski definition) is 1. The highest BCUT2D eigenvalue weighted by Crippen LogP contribution is 2.12. The van der Waals surface area contributed by atoms with Crippen LogP contribution >= 0.6 is 0 Å². The summed E-state index contributed by atoms with van der Waals surface area (Å²) in [5, 5.41) is 2.90. The molecule has 0 bridgehead atoms. The maximum absolute atomic E-state index is 13.3. The molecule has 1 aliphatic rings. The van der Waals surface area contributed by atoms with Crippen LogP contribution in [0.4, 0.5) is 4.39 Å². The molecule has 0 spiro atoms. The van der Waals surface area contributed by atoms with E-state index in [9.17, 15) is 14.0 Å². The first kappa shape index (κ1) is 11.7. The second-order valence-electron chi connectivity index (χ2n) is 4.02. The van der Waals surface area contributed by atoms with E-state index >= 15 is 0 Å². The Morgan fingerprint density at radius 3 is 2.71 bits per heavy atom. The lowest BCUT2D eigenvalue weighted by Gasteiger charge is -2.11. The third-order valence-corrected chi connectivity index (χ3v) is 2.88. The standard InChI is InChI=1S/C12H13FN2O2/c1-15-11(16)6-10(12(15)17)14-7-8-4-2-3-5-9(8)13/h2-5,10,14H,6-7H2,1H3. The third kappa shape index (κ3) is 2.34. The van der Waals surface area contributed by atoms with Crippen molar-refractivity contribution in [3.8, 4) is 0 Å². The van der Waals surface area contributed by atoms with Gasteiger partial charge in [0.1, 0.15) is 5.82 Å². The highest BCUT2D eigenvalue weighted by molar-refractivity contribution is 6.05. The topological polar surface area (TPSA) is 49.4 Å². The monoisotopic (exact) mass is 236 g/mol. The summed E-state index contributed by atoms with van der Waals surface area (Å²) >= 11 is 0. The van der Waals surface area contributed by atoms with Crippen LogP contribution in [0.5, 0.6) is 0 Å². The maximum atomic E-state index is 13.3. The Balaban J connectivity index is 1.98. The quantitative estimate of drug-likeness (QED) is 0.785. The summed E-state index contributed by atoms with van der Waals surface area (Å²) in [6.07, 6.45) is 0.143. The molecule has 90 valence electrons. The van der Waals surface area contributed by atoms with Gasteiger partial charge in [-0.1, -0.05) is 18.2 Å². The van der Waals surface area contributed by atoms with E-state index in [-0.39, 0.29) is 30.6 Å². The number of carbonyl (C=O) groups is 2. The number of amides is 2. The first-order valence-electron chi connectivity index (χ1n) is 5.37. The van der Waals surface area contributed by atoms with Crippen molar-refractivity contribution in [1.29, 1.82) is 0 Å². The Hall–Kier alpha value is -1.75. The summed E-state index contributed by atoms with van der Waals surface area (Å²) in [6.45, 7) is 0.240. The minimum absolute atomic E-state index is 0.143. The lowest BCUT2D eigenvalue weighted by molar-refractivity contribution is -0.137. The van der Waals surface area contributed by atoms with E-state index in [1.54, 1.807) is 18.2 Å². The van der Waals surface area contributed by atoms with Gasteiger partial charge >= 0.3 is 0 Å². The van der Waals surface area contributed by atoms with E-state index in [0.29, 0.717) is 5.56 Å². The molecule has 1 unspecified atom stereocenters. The molecule has 0 saturated carbocycles. The van der Waals surface area contributed by atoms with Crippen LogP contribution in [-0.2, 0) is 16.1 Å². The van der Waals surface area contributed by atoms with Gasteiger partial charge in [0.2, 0.25) is 11.8 Å². The van der Waals surface area contributed by atoms with Crippen molar-refractivity contribution in [2.75, 3.05) is 7.05 Å². The van der Waals surface area contributed by atoms with Crippen LogP contribution < -0.4 is 5.32 Å². The Kier molecular flexibility index (Phi) is 3.19. The second-order valence-corrected chi connectivity index (χ2v) is 4.02. The number of halogens is 1. The van der Waals surface area contributed by atoms with E-state index in [0.717, 1.165) is 4.90 Å². The van der Waals surface area contributed by atoms with E-state index < -0.39 is 6.04 Å². The summed E-state index contributed by atoms with van der Waals surface area (Å²) in [7, 11) is 1.45. The summed E-state index contributed by atoms with van der Waals surface area (Å²) in [6, 6.07) is 5.81. The Bertz CT molecular complexity index is 462. The average molecular weight is 236 g/mol. The first-order valence-corrected chi connectivity index (χ1v) is 5.37. The summed E-state index contributed by atoms with van der Waals surface area (Å²) in [5.74, 6) is -0.780. The molecule has 0 aromatic heterocycles. The van der Waals surface area contributed by atoms with Crippen molar-refractivity contribution in [3.05, 3.63) is 35.6 Å². The minimum atomic E-state index is -0.535. The zero-order valence-corrected chi connectivity index (χ0v) is 9.44. The van der Waals surface area contributed by atoms with Crippen LogP contribution in [0.1, 0.15) is 12.0 Å². The van der Waals surface area contributed by atoms with Crippen molar-refractivity contribution < 1.29 is 14.0 Å². The van der Waals surface area contributed by atoms with Gasteiger partial charge in [-0.2, -0.15) is 0 Å². The molecule has 17 heavy (non-hydrogen) atoms. The van der Waals surface area contributed by atoms with Gasteiger partial charge in [0, 0.05) is 19.2 Å². The smallest absolute Gasteiger partial charge is 0.246 e. The number of nitrogens with zero attached hydrogens (tertiary/aromatic N) is 1. The van der Waals surface area contributed by atoms with Gasteiger partial charge in [0.25, 0.3) is 0 Å². The van der Waals surface area contributed by atoms with Gasteiger partial charge in [-0.25, -0.2) is 4.39 Å². The van der Waals surface area contributed by atoms with Crippen LogP contribution in [0.2, 0.25) is 0 Å². The van der Waals surface area contributed by atoms with Crippen molar-refractivity contribution in [2.45, 2.75) is 19.0 Å². The third-order valence-electron chi connectivity index (χ3n) is 2.88. The summed E-state index contributed by atoms with van der Waals surface area (Å²) in [4.78, 5) is 23.9. The molecule has 4 nitrogen and oxygen atoms in total.